The van der Waals surface area contributed by atoms with Gasteiger partial charge in [0.05, 0.1) is 15.7 Å². The summed E-state index contributed by atoms with van der Waals surface area (Å²) in [6, 6.07) is 2.65. The Morgan fingerprint density at radius 2 is 1.80 bits per heavy atom. The second-order valence-electron chi connectivity index (χ2n) is 4.68. The van der Waals surface area contributed by atoms with Gasteiger partial charge in [-0.1, -0.05) is 23.2 Å². The molecule has 0 aliphatic rings. The molecule has 3 rings (SSSR count). The van der Waals surface area contributed by atoms with E-state index in [0.29, 0.717) is 4.57 Å². The Kier molecular flexibility index (Phi) is 4.13. The first-order chi connectivity index (χ1) is 11.7. The summed E-state index contributed by atoms with van der Waals surface area (Å²) < 4.78 is 38.5. The monoisotopic (exact) mass is 392 g/mol. The van der Waals surface area contributed by atoms with Gasteiger partial charge in [-0.25, -0.2) is 9.36 Å². The van der Waals surface area contributed by atoms with Gasteiger partial charge in [-0.15, -0.1) is 10.2 Å². The number of rotatable bonds is 2. The van der Waals surface area contributed by atoms with Crippen molar-refractivity contribution in [3.63, 3.8) is 0 Å². The summed E-state index contributed by atoms with van der Waals surface area (Å²) in [5, 5.41) is 12.9. The minimum Gasteiger partial charge on any atom is -0.303 e. The molecular weight excluding hydrogens is 388 g/mol. The molecule has 0 amide bonds. The fourth-order valence-corrected chi connectivity index (χ4v) is 2.58. The third-order valence-corrected chi connectivity index (χ3v) is 3.72. The normalized spacial score (nSPS) is 11.7. The Hall–Kier alpha value is -2.66. The lowest BCUT2D eigenvalue weighted by Crippen LogP contribution is -2.36. The molecule has 13 heteroatoms. The van der Waals surface area contributed by atoms with Gasteiger partial charge in [0, 0.05) is 11.6 Å². The first-order valence-corrected chi connectivity index (χ1v) is 7.11. The second kappa shape index (κ2) is 6.01. The Morgan fingerprint density at radius 1 is 1.08 bits per heavy atom. The van der Waals surface area contributed by atoms with Crippen molar-refractivity contribution >= 4 is 23.2 Å². The lowest BCUT2D eigenvalue weighted by atomic mass is 10.2. The van der Waals surface area contributed by atoms with Crippen molar-refractivity contribution in [3.05, 3.63) is 54.8 Å². The summed E-state index contributed by atoms with van der Waals surface area (Å²) in [6.07, 6.45) is -4.88. The molecule has 0 radical (unpaired) electrons. The van der Waals surface area contributed by atoms with Crippen LogP contribution in [0.2, 0.25) is 10.0 Å². The maximum Gasteiger partial charge on any atom is 0.431 e. The Morgan fingerprint density at radius 3 is 2.36 bits per heavy atom. The quantitative estimate of drug-likeness (QED) is 0.693. The van der Waals surface area contributed by atoms with Crippen LogP contribution >= 0.6 is 23.2 Å². The van der Waals surface area contributed by atoms with Crippen LogP contribution in [0.1, 0.15) is 5.69 Å². The summed E-state index contributed by atoms with van der Waals surface area (Å²) >= 11 is 12.0. The van der Waals surface area contributed by atoms with Crippen LogP contribution in [0.25, 0.3) is 17.1 Å². The number of nitrogens with one attached hydrogen (secondary N) is 2. The van der Waals surface area contributed by atoms with Crippen LogP contribution in [-0.2, 0) is 6.18 Å². The second-order valence-corrected chi connectivity index (χ2v) is 5.49. The molecular formula is C12H5Cl2F3N6O2. The molecule has 2 aromatic heterocycles. The molecule has 0 unspecified atom stereocenters. The van der Waals surface area contributed by atoms with E-state index >= 15 is 0 Å². The molecule has 0 fully saturated rings. The largest absolute Gasteiger partial charge is 0.431 e. The average molecular weight is 393 g/mol. The fourth-order valence-electron chi connectivity index (χ4n) is 2.03. The smallest absolute Gasteiger partial charge is 0.303 e. The number of halogens is 5. The lowest BCUT2D eigenvalue weighted by molar-refractivity contribution is -0.141. The molecule has 2 N–H and O–H groups in total. The van der Waals surface area contributed by atoms with Gasteiger partial charge < -0.3 is 4.98 Å². The molecule has 130 valence electrons. The maximum atomic E-state index is 12.7. The predicted octanol–water partition coefficient (Wildman–Crippen LogP) is 2.03. The number of aromatic amines is 2. The van der Waals surface area contributed by atoms with Crippen LogP contribution in [0.5, 0.6) is 0 Å². The van der Waals surface area contributed by atoms with E-state index in [-0.39, 0.29) is 33.2 Å². The van der Waals surface area contributed by atoms with Gasteiger partial charge in [0.2, 0.25) is 5.82 Å². The van der Waals surface area contributed by atoms with E-state index in [9.17, 15) is 22.8 Å². The number of hydrogen-bond donors (Lipinski definition) is 2. The van der Waals surface area contributed by atoms with Crippen molar-refractivity contribution < 1.29 is 13.2 Å². The van der Waals surface area contributed by atoms with E-state index in [4.69, 9.17) is 23.2 Å². The van der Waals surface area contributed by atoms with Crippen molar-refractivity contribution in [1.29, 1.82) is 0 Å². The van der Waals surface area contributed by atoms with Gasteiger partial charge in [0.15, 0.2) is 0 Å². The first-order valence-electron chi connectivity index (χ1n) is 6.35. The number of benzene rings is 1. The van der Waals surface area contributed by atoms with Gasteiger partial charge in [-0.3, -0.25) is 4.79 Å². The first kappa shape index (κ1) is 17.2. The highest BCUT2D eigenvalue weighted by Gasteiger charge is 2.33. The molecule has 3 aromatic rings. The molecule has 0 bridgehead atoms. The van der Waals surface area contributed by atoms with E-state index < -0.39 is 23.1 Å². The molecule has 0 aliphatic carbocycles. The van der Waals surface area contributed by atoms with E-state index in [1.165, 1.54) is 12.1 Å². The summed E-state index contributed by atoms with van der Waals surface area (Å²) in [5.74, 6) is 0.0410. The number of alkyl halides is 3. The molecule has 8 nitrogen and oxygen atoms in total. The minimum atomic E-state index is -4.88. The Balaban J connectivity index is 2.26. The van der Waals surface area contributed by atoms with Crippen LogP contribution in [0.4, 0.5) is 13.2 Å². The number of tetrazole rings is 1. The van der Waals surface area contributed by atoms with Gasteiger partial charge in [0.1, 0.15) is 5.69 Å². The highest BCUT2D eigenvalue weighted by molar-refractivity contribution is 6.37. The van der Waals surface area contributed by atoms with Gasteiger partial charge in [0.25, 0.3) is 5.56 Å². The predicted molar refractivity (Wildman–Crippen MR) is 80.9 cm³/mol. The van der Waals surface area contributed by atoms with Crippen LogP contribution in [0.15, 0.2) is 27.8 Å². The van der Waals surface area contributed by atoms with E-state index in [0.717, 1.165) is 0 Å². The molecule has 25 heavy (non-hydrogen) atoms. The molecule has 0 saturated carbocycles. The standard InChI is InChI=1S/C12H5Cl2F3N6O2/c13-5-2-6(14)7(1-4(5)10-19-21-22-20-10)23-9(24)3-8(12(15,16)17)18-11(23)25/h1-3H,(H,18,25)(H,19,20,21,22). The zero-order valence-corrected chi connectivity index (χ0v) is 13.2. The van der Waals surface area contributed by atoms with Crippen molar-refractivity contribution in [2.75, 3.05) is 0 Å². The van der Waals surface area contributed by atoms with Crippen molar-refractivity contribution in [2.45, 2.75) is 6.18 Å². The lowest BCUT2D eigenvalue weighted by Gasteiger charge is -2.11. The maximum absolute atomic E-state index is 12.7. The number of H-pyrrole nitrogens is 2. The van der Waals surface area contributed by atoms with Crippen molar-refractivity contribution in [1.82, 2.24) is 30.2 Å². The van der Waals surface area contributed by atoms with Gasteiger partial charge in [-0.2, -0.15) is 18.4 Å². The zero-order valence-electron chi connectivity index (χ0n) is 11.7. The number of aromatic nitrogens is 6. The summed E-state index contributed by atoms with van der Waals surface area (Å²) in [5.41, 5.74) is -4.03. The fraction of sp³-hybridized carbons (Fsp3) is 0.0833. The molecule has 1 aromatic carbocycles. The average Bonchev–Trinajstić information content (AvgIpc) is 3.01. The van der Waals surface area contributed by atoms with Crippen LogP contribution < -0.4 is 11.2 Å². The Labute approximate surface area is 145 Å². The summed E-state index contributed by atoms with van der Waals surface area (Å²) in [4.78, 5) is 25.6. The van der Waals surface area contributed by atoms with Crippen LogP contribution in [0, 0.1) is 0 Å². The van der Waals surface area contributed by atoms with Crippen LogP contribution in [-0.4, -0.2) is 30.2 Å². The van der Waals surface area contributed by atoms with Crippen LogP contribution in [0.3, 0.4) is 0 Å². The molecule has 0 atom stereocenters. The van der Waals surface area contributed by atoms with Gasteiger partial charge >= 0.3 is 11.9 Å². The summed E-state index contributed by atoms with van der Waals surface area (Å²) in [6.45, 7) is 0. The highest BCUT2D eigenvalue weighted by Crippen LogP contribution is 2.32. The molecule has 0 aliphatic heterocycles. The van der Waals surface area contributed by atoms with E-state index in [1.807, 2.05) is 0 Å². The topological polar surface area (TPSA) is 109 Å². The highest BCUT2D eigenvalue weighted by atomic mass is 35.5. The number of nitrogens with zero attached hydrogens (tertiary/aromatic N) is 4. The summed E-state index contributed by atoms with van der Waals surface area (Å²) in [7, 11) is 0. The van der Waals surface area contributed by atoms with Gasteiger partial charge in [-0.05, 0) is 17.3 Å². The minimum absolute atomic E-state index is 0.0410. The SMILES string of the molecule is O=c1cc(C(F)(F)F)[nH]c(=O)n1-c1cc(-c2nn[nH]n2)c(Cl)cc1Cl. The molecule has 2 heterocycles. The Bertz CT molecular complexity index is 1030. The van der Waals surface area contributed by atoms with E-state index in [1.54, 1.807) is 4.98 Å². The van der Waals surface area contributed by atoms with Crippen molar-refractivity contribution in [2.24, 2.45) is 0 Å². The third kappa shape index (κ3) is 3.15. The molecule has 0 spiro atoms. The number of hydrogen-bond acceptors (Lipinski definition) is 5. The molecule has 0 saturated heterocycles. The van der Waals surface area contributed by atoms with Crippen molar-refractivity contribution in [3.8, 4) is 17.1 Å². The third-order valence-electron chi connectivity index (χ3n) is 3.10. The van der Waals surface area contributed by atoms with E-state index in [2.05, 4.69) is 20.6 Å². The zero-order chi connectivity index (χ0) is 18.4.